The van der Waals surface area contributed by atoms with E-state index in [4.69, 9.17) is 34.3 Å². The first-order valence-corrected chi connectivity index (χ1v) is 16.5. The number of carbonyl (C=O) groups is 4. The molecule has 2 fully saturated rings. The number of benzene rings is 3. The van der Waals surface area contributed by atoms with Crippen molar-refractivity contribution < 1.29 is 19.2 Å². The van der Waals surface area contributed by atoms with Gasteiger partial charge >= 0.3 is 0 Å². The number of para-hydroxylation sites is 2. The minimum absolute atomic E-state index is 0.102. The van der Waals surface area contributed by atoms with Crippen molar-refractivity contribution in [2.45, 2.75) is 50.2 Å². The summed E-state index contributed by atoms with van der Waals surface area (Å²) in [5.41, 5.74) is 9.27. The Morgan fingerprint density at radius 1 is 1.02 bits per heavy atom. The monoisotopic (exact) mass is 687 g/mol. The number of ketones is 1. The third kappa shape index (κ3) is 6.65. The maximum atomic E-state index is 14.1. The fraction of sp³-hybridized carbons (Fsp3) is 0.314. The Bertz CT molecular complexity index is 1940. The molecule has 0 bridgehead atoms. The Balaban J connectivity index is 1.18. The summed E-state index contributed by atoms with van der Waals surface area (Å²) in [4.78, 5) is 62.4. The second kappa shape index (κ2) is 13.8. The van der Waals surface area contributed by atoms with Gasteiger partial charge in [-0.1, -0.05) is 59.6 Å². The van der Waals surface area contributed by atoms with Crippen molar-refractivity contribution in [3.8, 4) is 0 Å². The highest BCUT2D eigenvalue weighted by Crippen LogP contribution is 2.30. The number of hydrogen-bond donors (Lipinski definition) is 3. The predicted octanol–water partition coefficient (Wildman–Crippen LogP) is 3.91. The van der Waals surface area contributed by atoms with Crippen LogP contribution in [0.5, 0.6) is 0 Å². The smallest absolute Gasteiger partial charge is 0.245 e. The Hall–Kier alpha value is -4.74. The fourth-order valence-electron chi connectivity index (χ4n) is 6.65. The fourth-order valence-corrected chi connectivity index (χ4v) is 6.97. The van der Waals surface area contributed by atoms with E-state index in [2.05, 4.69) is 10.3 Å². The van der Waals surface area contributed by atoms with Gasteiger partial charge in [0.2, 0.25) is 23.5 Å². The normalized spacial score (nSPS) is 18.2. The molecule has 4 N–H and O–H groups in total. The summed E-state index contributed by atoms with van der Waals surface area (Å²) in [7, 11) is 1.74. The molecule has 13 heteroatoms. The maximum absolute atomic E-state index is 14.1. The van der Waals surface area contributed by atoms with Crippen LogP contribution in [0.15, 0.2) is 66.7 Å². The molecule has 2 aliphatic heterocycles. The molecule has 3 aromatic carbocycles. The number of rotatable bonds is 11. The second-order valence-electron chi connectivity index (χ2n) is 12.2. The zero-order chi connectivity index (χ0) is 34.1. The zero-order valence-electron chi connectivity index (χ0n) is 26.3. The Morgan fingerprint density at radius 3 is 2.56 bits per heavy atom. The number of nitrogens with zero attached hydrogens (tertiary/aromatic N) is 4. The number of aryl methyl sites for hydroxylation is 2. The molecule has 0 radical (unpaired) electrons. The number of nitrogens with two attached hydrogens (primary N) is 1. The summed E-state index contributed by atoms with van der Waals surface area (Å²) in [6.45, 7) is 0.264. The zero-order valence-corrected chi connectivity index (χ0v) is 27.8. The number of carbonyl (C=O) groups excluding carboxylic acids is 4. The van der Waals surface area contributed by atoms with E-state index in [0.717, 1.165) is 11.1 Å². The van der Waals surface area contributed by atoms with Gasteiger partial charge in [-0.25, -0.2) is 4.98 Å². The molecule has 0 unspecified atom stereocenters. The van der Waals surface area contributed by atoms with Crippen molar-refractivity contribution in [1.29, 1.82) is 5.41 Å². The number of aromatic nitrogens is 2. The van der Waals surface area contributed by atoms with E-state index in [1.54, 1.807) is 52.9 Å². The van der Waals surface area contributed by atoms with Crippen molar-refractivity contribution in [3.63, 3.8) is 0 Å². The number of fused-ring (bicyclic) bond motifs is 2. The number of amides is 3. The molecule has 6 rings (SSSR count). The van der Waals surface area contributed by atoms with Crippen molar-refractivity contribution in [1.82, 2.24) is 24.7 Å². The minimum atomic E-state index is -1.04. The molecule has 4 aromatic rings. The number of halogens is 2. The maximum Gasteiger partial charge on any atom is 0.245 e. The largest absolute Gasteiger partial charge is 0.384 e. The van der Waals surface area contributed by atoms with Gasteiger partial charge in [0.05, 0.1) is 33.7 Å². The van der Waals surface area contributed by atoms with E-state index < -0.39 is 29.8 Å². The molecule has 248 valence electrons. The van der Waals surface area contributed by atoms with Gasteiger partial charge in [0, 0.05) is 25.6 Å². The van der Waals surface area contributed by atoms with Gasteiger partial charge in [-0.3, -0.25) is 24.6 Å². The Kier molecular flexibility index (Phi) is 9.52. The van der Waals surface area contributed by atoms with Crippen LogP contribution in [0.1, 0.15) is 46.6 Å². The summed E-state index contributed by atoms with van der Waals surface area (Å²) in [6, 6.07) is 17.0. The highest BCUT2D eigenvalue weighted by Gasteiger charge is 2.49. The third-order valence-corrected chi connectivity index (χ3v) is 9.83. The van der Waals surface area contributed by atoms with Crippen LogP contribution in [0, 0.1) is 5.41 Å². The first-order valence-electron chi connectivity index (χ1n) is 15.7. The molecule has 11 nitrogen and oxygen atoms in total. The SMILES string of the molecule is Cn1c(C(=O)[C@H](Cc2cccc(C(=N)N)c2)NC(=O)[C@@H]2CC[C@H]3C(=O)N(CCCc4ccc(Cl)c(Cl)c4)CC(=O)N23)nc2ccccc21. The molecule has 48 heavy (non-hydrogen) atoms. The van der Waals surface area contributed by atoms with Crippen molar-refractivity contribution in [2.75, 3.05) is 13.1 Å². The van der Waals surface area contributed by atoms with E-state index in [1.165, 1.54) is 4.90 Å². The van der Waals surface area contributed by atoms with E-state index in [-0.39, 0.29) is 42.9 Å². The van der Waals surface area contributed by atoms with E-state index >= 15 is 0 Å². The van der Waals surface area contributed by atoms with Gasteiger partial charge in [0.25, 0.3) is 0 Å². The van der Waals surface area contributed by atoms with Crippen LogP contribution in [0.3, 0.4) is 0 Å². The summed E-state index contributed by atoms with van der Waals surface area (Å²) >= 11 is 12.1. The molecule has 2 aliphatic rings. The van der Waals surface area contributed by atoms with Crippen molar-refractivity contribution >= 4 is 63.6 Å². The van der Waals surface area contributed by atoms with E-state index in [1.807, 2.05) is 30.3 Å². The molecule has 3 amide bonds. The molecule has 3 heterocycles. The molecule has 0 spiro atoms. The van der Waals surface area contributed by atoms with Crippen LogP contribution in [0.2, 0.25) is 10.0 Å². The van der Waals surface area contributed by atoms with Gasteiger partial charge in [0.15, 0.2) is 5.82 Å². The summed E-state index contributed by atoms with van der Waals surface area (Å²) in [5, 5.41) is 11.7. The molecule has 2 saturated heterocycles. The van der Waals surface area contributed by atoms with E-state index in [0.29, 0.717) is 52.5 Å². The lowest BCUT2D eigenvalue weighted by Gasteiger charge is -2.38. The number of Topliss-reactive ketones (excluding diaryl/α,β-unsaturated/α-hetero) is 1. The standard InChI is InChI=1S/C35H35Cl2N7O4/c1-42-27-10-3-2-9-25(27)40-33(42)31(46)26(18-21-6-4-8-22(16-21)32(38)39)41-34(47)28-13-14-29-35(48)43(19-30(45)44(28)29)15-5-7-20-11-12-23(36)24(37)17-20/h2-4,6,8-12,16-17,26,28-29H,5,7,13-15,18-19H2,1H3,(H3,38,39)(H,41,47)/t26-,28-,29-/m0/s1. The topological polar surface area (TPSA) is 154 Å². The highest BCUT2D eigenvalue weighted by molar-refractivity contribution is 6.42. The van der Waals surface area contributed by atoms with Gasteiger partial charge < -0.3 is 25.4 Å². The van der Waals surface area contributed by atoms with Gasteiger partial charge in [-0.05, 0) is 67.1 Å². The van der Waals surface area contributed by atoms with E-state index in [9.17, 15) is 19.2 Å². The quantitative estimate of drug-likeness (QED) is 0.123. The number of hydrogen-bond acceptors (Lipinski definition) is 6. The van der Waals surface area contributed by atoms with Crippen LogP contribution in [0.4, 0.5) is 0 Å². The predicted molar refractivity (Wildman–Crippen MR) is 183 cm³/mol. The number of piperazine rings is 1. The van der Waals surface area contributed by atoms with Crippen LogP contribution < -0.4 is 11.1 Å². The summed E-state index contributed by atoms with van der Waals surface area (Å²) in [5.74, 6) is -1.35. The van der Waals surface area contributed by atoms with Crippen LogP contribution in [-0.2, 0) is 34.3 Å². The van der Waals surface area contributed by atoms with Crippen LogP contribution in [-0.4, -0.2) is 79.9 Å². The molecule has 0 aliphatic carbocycles. The average molecular weight is 689 g/mol. The summed E-state index contributed by atoms with van der Waals surface area (Å²) in [6.07, 6.45) is 2.02. The molecular weight excluding hydrogens is 653 g/mol. The summed E-state index contributed by atoms with van der Waals surface area (Å²) < 4.78 is 1.69. The van der Waals surface area contributed by atoms with Gasteiger partial charge in [-0.15, -0.1) is 0 Å². The van der Waals surface area contributed by atoms with Crippen molar-refractivity contribution in [2.24, 2.45) is 12.8 Å². The minimum Gasteiger partial charge on any atom is -0.384 e. The highest BCUT2D eigenvalue weighted by atomic mass is 35.5. The first kappa shape index (κ1) is 33.2. The second-order valence-corrected chi connectivity index (χ2v) is 13.1. The van der Waals surface area contributed by atoms with Crippen LogP contribution >= 0.6 is 23.2 Å². The molecular formula is C35H35Cl2N7O4. The number of nitrogens with one attached hydrogen (secondary N) is 2. The average Bonchev–Trinajstić information content (AvgIpc) is 3.67. The number of amidine groups is 1. The van der Waals surface area contributed by atoms with Crippen molar-refractivity contribution in [3.05, 3.63) is 99.3 Å². The third-order valence-electron chi connectivity index (χ3n) is 9.09. The molecule has 0 saturated carbocycles. The number of nitrogen functional groups attached to an aromatic ring is 1. The number of imidazole rings is 1. The Morgan fingerprint density at radius 2 is 1.81 bits per heavy atom. The lowest BCUT2D eigenvalue weighted by Crippen LogP contribution is -2.62. The lowest BCUT2D eigenvalue weighted by atomic mass is 9.99. The molecule has 1 aromatic heterocycles. The first-order chi connectivity index (χ1) is 23.0. The lowest BCUT2D eigenvalue weighted by molar-refractivity contribution is -0.157. The van der Waals surface area contributed by atoms with Crippen LogP contribution in [0.25, 0.3) is 11.0 Å². The Labute approximate surface area is 287 Å². The van der Waals surface area contributed by atoms with Gasteiger partial charge in [0.1, 0.15) is 17.9 Å². The molecule has 3 atom stereocenters. The van der Waals surface area contributed by atoms with Gasteiger partial charge in [-0.2, -0.15) is 0 Å².